The number of benzene rings is 4. The number of carbonyl (C=O) groups is 2. The fraction of sp³-hybridized carbons (Fsp3) is 0.0370. The predicted octanol–water partition coefficient (Wildman–Crippen LogP) is 5.51. The Morgan fingerprint density at radius 3 is 2.16 bits per heavy atom. The predicted molar refractivity (Wildman–Crippen MR) is 147 cm³/mol. The summed E-state index contributed by atoms with van der Waals surface area (Å²) in [6.45, 7) is 0. The van der Waals surface area contributed by atoms with Crippen LogP contribution in [0.1, 0.15) is 20.7 Å². The van der Waals surface area contributed by atoms with Crippen molar-refractivity contribution >= 4 is 54.6 Å². The maximum Gasteiger partial charge on any atom is 0.294 e. The summed E-state index contributed by atoms with van der Waals surface area (Å²) in [6.07, 6.45) is 1.11. The van der Waals surface area contributed by atoms with Gasteiger partial charge in [-0.15, -0.1) is 0 Å². The molecule has 0 bridgehead atoms. The molecule has 0 fully saturated rings. The minimum absolute atomic E-state index is 0.00299. The molecule has 0 atom stereocenters. The van der Waals surface area contributed by atoms with E-state index in [4.69, 9.17) is 5.73 Å². The quantitative estimate of drug-likeness (QED) is 0.221. The maximum absolute atomic E-state index is 13.9. The monoisotopic (exact) mass is 593 g/mol. The first-order valence-electron chi connectivity index (χ1n) is 11.1. The Balaban J connectivity index is 1.87. The molecule has 192 valence electrons. The van der Waals surface area contributed by atoms with Gasteiger partial charge in [0.25, 0.3) is 17.5 Å². The summed E-state index contributed by atoms with van der Waals surface area (Å²) in [5.41, 5.74) is 6.35. The maximum atomic E-state index is 13.9. The molecule has 0 radical (unpaired) electrons. The number of carbonyl (C=O) groups excluding carboxylic acids is 2. The average molecular weight is 594 g/mol. The third-order valence-electron chi connectivity index (χ3n) is 5.72. The lowest BCUT2D eigenvalue weighted by Gasteiger charge is -2.25. The van der Waals surface area contributed by atoms with E-state index in [0.29, 0.717) is 15.6 Å². The summed E-state index contributed by atoms with van der Waals surface area (Å²) in [5.74, 6) is -1.47. The number of hydrogen-bond donors (Lipinski definition) is 1. The lowest BCUT2D eigenvalue weighted by molar-refractivity contribution is -0.384. The first-order valence-corrected chi connectivity index (χ1v) is 13.7. The van der Waals surface area contributed by atoms with E-state index < -0.39 is 26.6 Å². The van der Waals surface area contributed by atoms with Crippen molar-refractivity contribution in [1.82, 2.24) is 0 Å². The summed E-state index contributed by atoms with van der Waals surface area (Å²) in [6, 6.07) is 22.9. The zero-order chi connectivity index (χ0) is 27.6. The summed E-state index contributed by atoms with van der Waals surface area (Å²) in [7, 11) is -3.51. The molecule has 2 amide bonds. The van der Waals surface area contributed by atoms with Gasteiger partial charge >= 0.3 is 0 Å². The number of sulfone groups is 1. The molecule has 38 heavy (non-hydrogen) atoms. The number of hydrogen-bond acceptors (Lipinski definition) is 6. The second-order valence-corrected chi connectivity index (χ2v) is 11.2. The van der Waals surface area contributed by atoms with Crippen LogP contribution in [-0.4, -0.2) is 31.4 Å². The largest absolute Gasteiger partial charge is 0.366 e. The average Bonchev–Trinajstić information content (AvgIpc) is 2.89. The van der Waals surface area contributed by atoms with E-state index in [1.54, 1.807) is 48.5 Å². The van der Waals surface area contributed by atoms with Crippen molar-refractivity contribution in [3.8, 4) is 11.1 Å². The molecule has 0 aliphatic heterocycles. The van der Waals surface area contributed by atoms with Crippen molar-refractivity contribution in [2.45, 2.75) is 4.90 Å². The fourth-order valence-corrected chi connectivity index (χ4v) is 5.27. The zero-order valence-corrected chi connectivity index (χ0v) is 22.3. The molecule has 4 rings (SSSR count). The van der Waals surface area contributed by atoms with Gasteiger partial charge in [0.15, 0.2) is 9.84 Å². The van der Waals surface area contributed by atoms with Gasteiger partial charge in [-0.05, 0) is 48.0 Å². The van der Waals surface area contributed by atoms with Crippen LogP contribution in [-0.2, 0) is 9.84 Å². The van der Waals surface area contributed by atoms with Gasteiger partial charge in [0.1, 0.15) is 5.69 Å². The molecule has 0 aromatic heterocycles. The van der Waals surface area contributed by atoms with Crippen LogP contribution in [0.2, 0.25) is 0 Å². The molecule has 11 heteroatoms. The third-order valence-corrected chi connectivity index (χ3v) is 7.37. The Labute approximate surface area is 226 Å². The summed E-state index contributed by atoms with van der Waals surface area (Å²) < 4.78 is 24.9. The van der Waals surface area contributed by atoms with E-state index in [9.17, 15) is 28.1 Å². The van der Waals surface area contributed by atoms with Gasteiger partial charge in [-0.25, -0.2) is 8.42 Å². The van der Waals surface area contributed by atoms with Crippen molar-refractivity contribution in [3.63, 3.8) is 0 Å². The van der Waals surface area contributed by atoms with E-state index in [0.717, 1.165) is 11.2 Å². The highest BCUT2D eigenvalue weighted by Gasteiger charge is 2.30. The fourth-order valence-electron chi connectivity index (χ4n) is 4.01. The van der Waals surface area contributed by atoms with Crippen molar-refractivity contribution < 1.29 is 22.9 Å². The van der Waals surface area contributed by atoms with E-state index in [2.05, 4.69) is 15.9 Å². The summed E-state index contributed by atoms with van der Waals surface area (Å²) >= 11 is 3.21. The van der Waals surface area contributed by atoms with E-state index in [-0.39, 0.29) is 33.1 Å². The van der Waals surface area contributed by atoms with Crippen LogP contribution in [0.5, 0.6) is 0 Å². The van der Waals surface area contributed by atoms with Crippen LogP contribution in [0.25, 0.3) is 11.1 Å². The van der Waals surface area contributed by atoms with Gasteiger partial charge in [-0.1, -0.05) is 58.4 Å². The van der Waals surface area contributed by atoms with Crippen LogP contribution >= 0.6 is 15.9 Å². The van der Waals surface area contributed by atoms with Gasteiger partial charge in [0.05, 0.1) is 21.1 Å². The van der Waals surface area contributed by atoms with Crippen LogP contribution in [0.15, 0.2) is 100 Å². The molecule has 4 aromatic carbocycles. The first kappa shape index (κ1) is 26.7. The first-order chi connectivity index (χ1) is 18.0. The lowest BCUT2D eigenvalue weighted by Crippen LogP contribution is -2.29. The third kappa shape index (κ3) is 5.34. The van der Waals surface area contributed by atoms with Crippen molar-refractivity contribution in [2.24, 2.45) is 5.73 Å². The molecule has 0 aliphatic carbocycles. The van der Waals surface area contributed by atoms with Gasteiger partial charge in [0.2, 0.25) is 0 Å². The molecular formula is C27H20BrN3O6S. The Hall–Kier alpha value is -4.35. The zero-order valence-electron chi connectivity index (χ0n) is 19.9. The molecule has 4 aromatic rings. The van der Waals surface area contributed by atoms with Crippen molar-refractivity contribution in [2.75, 3.05) is 11.2 Å². The molecule has 0 unspecified atom stereocenters. The second kappa shape index (κ2) is 10.6. The van der Waals surface area contributed by atoms with Crippen LogP contribution in [0.4, 0.5) is 17.1 Å². The number of nitrogens with zero attached hydrogens (tertiary/aromatic N) is 2. The molecule has 0 saturated carbocycles. The highest BCUT2D eigenvalue weighted by atomic mass is 79.9. The number of nitro groups is 1. The molecule has 9 nitrogen and oxygen atoms in total. The van der Waals surface area contributed by atoms with Gasteiger partial charge < -0.3 is 5.73 Å². The van der Waals surface area contributed by atoms with E-state index >= 15 is 0 Å². The topological polar surface area (TPSA) is 141 Å². The second-order valence-electron chi connectivity index (χ2n) is 8.26. The van der Waals surface area contributed by atoms with Crippen LogP contribution in [0.3, 0.4) is 0 Å². The highest BCUT2D eigenvalue weighted by Crippen LogP contribution is 2.38. The molecule has 0 heterocycles. The highest BCUT2D eigenvalue weighted by molar-refractivity contribution is 9.10. The minimum Gasteiger partial charge on any atom is -0.366 e. The Morgan fingerprint density at radius 2 is 1.53 bits per heavy atom. The van der Waals surface area contributed by atoms with Crippen molar-refractivity contribution in [3.05, 3.63) is 117 Å². The number of nitrogens with two attached hydrogens (primary N) is 1. The normalized spacial score (nSPS) is 11.1. The van der Waals surface area contributed by atoms with Crippen LogP contribution < -0.4 is 10.6 Å². The number of primary amides is 1. The number of rotatable bonds is 7. The molecule has 2 N–H and O–H groups in total. The van der Waals surface area contributed by atoms with Gasteiger partial charge in [-0.2, -0.15) is 0 Å². The lowest BCUT2D eigenvalue weighted by atomic mass is 10.0. The number of para-hydroxylation sites is 1. The SMILES string of the molecule is CS(=O)(=O)c1ccccc1-c1ccc(C(=O)N(c2ccccc2C(N)=O)c2ccc(Br)cc2[N+](=O)[O-])cc1. The molecule has 0 saturated heterocycles. The molecular weight excluding hydrogens is 574 g/mol. The van der Waals surface area contributed by atoms with Crippen molar-refractivity contribution in [1.29, 1.82) is 0 Å². The molecule has 0 aliphatic rings. The molecule has 0 spiro atoms. The van der Waals surface area contributed by atoms with Gasteiger partial charge in [-0.3, -0.25) is 24.6 Å². The number of nitro benzene ring substituents is 1. The van der Waals surface area contributed by atoms with E-state index in [1.807, 2.05) is 0 Å². The Morgan fingerprint density at radius 1 is 0.895 bits per heavy atom. The Bertz CT molecular complexity index is 1690. The van der Waals surface area contributed by atoms with E-state index in [1.165, 1.54) is 42.5 Å². The minimum atomic E-state index is -3.51. The van der Waals surface area contributed by atoms with Gasteiger partial charge in [0, 0.05) is 27.9 Å². The standard InChI is InChI=1S/C27H20BrN3O6S/c1-38(36,37)25-9-5-3-6-20(25)17-10-12-18(13-11-17)27(33)30(22-8-4-2-7-21(22)26(29)32)23-15-14-19(28)16-24(23)31(34)35/h2-16H,1H3,(H2,29,32). The Kier molecular flexibility index (Phi) is 7.42. The summed E-state index contributed by atoms with van der Waals surface area (Å²) in [4.78, 5) is 38.6. The van der Waals surface area contributed by atoms with Crippen LogP contribution in [0, 0.1) is 10.1 Å². The number of halogens is 1. The summed E-state index contributed by atoms with van der Waals surface area (Å²) in [5, 5.41) is 11.9. The number of amides is 2. The smallest absolute Gasteiger partial charge is 0.294 e. The number of anilines is 2.